The minimum Gasteiger partial charge on any atom is -0.396 e. The molecule has 0 radical (unpaired) electrons. The molecule has 0 unspecified atom stereocenters. The Hall–Kier alpha value is -2.08. The van der Waals surface area contributed by atoms with Gasteiger partial charge in [-0.1, -0.05) is 19.1 Å². The van der Waals surface area contributed by atoms with E-state index in [9.17, 15) is 8.42 Å². The van der Waals surface area contributed by atoms with Crippen LogP contribution >= 0.6 is 0 Å². The molecule has 0 aliphatic carbocycles. The number of hydrogen-bond donors (Lipinski definition) is 2. The molecule has 112 valence electrons. The van der Waals surface area contributed by atoms with Crippen molar-refractivity contribution in [1.29, 1.82) is 0 Å². The van der Waals surface area contributed by atoms with Gasteiger partial charge in [-0.05, 0) is 30.2 Å². The minimum absolute atomic E-state index is 0.143. The number of aryl methyl sites for hydroxylation is 1. The van der Waals surface area contributed by atoms with Crippen molar-refractivity contribution in [3.8, 4) is 0 Å². The lowest BCUT2D eigenvalue weighted by Crippen LogP contribution is -2.09. The van der Waals surface area contributed by atoms with Crippen molar-refractivity contribution in [1.82, 2.24) is 4.98 Å². The van der Waals surface area contributed by atoms with Gasteiger partial charge >= 0.3 is 0 Å². The number of aromatic nitrogens is 1. The molecule has 0 saturated carbocycles. The maximum absolute atomic E-state index is 11.7. The smallest absolute Gasteiger partial charge is 0.177 e. The zero-order chi connectivity index (χ0) is 15.5. The first-order valence-corrected chi connectivity index (χ1v) is 8.57. The normalized spacial score (nSPS) is 11.3. The number of benzene rings is 1. The highest BCUT2D eigenvalue weighted by Crippen LogP contribution is 2.27. The summed E-state index contributed by atoms with van der Waals surface area (Å²) in [4.78, 5) is 4.49. The highest BCUT2D eigenvalue weighted by atomic mass is 32.2. The van der Waals surface area contributed by atoms with Crippen molar-refractivity contribution in [2.45, 2.75) is 24.8 Å². The van der Waals surface area contributed by atoms with Crippen molar-refractivity contribution >= 4 is 21.2 Å². The van der Waals surface area contributed by atoms with Gasteiger partial charge in [0.15, 0.2) is 9.84 Å². The van der Waals surface area contributed by atoms with Gasteiger partial charge < -0.3 is 11.1 Å². The Morgan fingerprint density at radius 3 is 2.67 bits per heavy atom. The predicted molar refractivity (Wildman–Crippen MR) is 84.9 cm³/mol. The van der Waals surface area contributed by atoms with Gasteiger partial charge in [-0.2, -0.15) is 0 Å². The molecule has 6 heteroatoms. The largest absolute Gasteiger partial charge is 0.396 e. The maximum Gasteiger partial charge on any atom is 0.177 e. The van der Waals surface area contributed by atoms with Crippen LogP contribution in [0.5, 0.6) is 0 Å². The van der Waals surface area contributed by atoms with Crippen LogP contribution in [0.3, 0.4) is 0 Å². The molecule has 5 nitrogen and oxygen atoms in total. The van der Waals surface area contributed by atoms with E-state index < -0.39 is 9.84 Å². The first-order valence-electron chi connectivity index (χ1n) is 6.68. The SMILES string of the molecule is CCc1cccnc1CNc1cccc(S(C)(=O)=O)c1N. The Morgan fingerprint density at radius 2 is 2.00 bits per heavy atom. The molecule has 0 atom stereocenters. The molecule has 0 amide bonds. The summed E-state index contributed by atoms with van der Waals surface area (Å²) in [5, 5.41) is 3.16. The number of nitrogens with two attached hydrogens (primary N) is 1. The molecular formula is C15H19N3O2S. The minimum atomic E-state index is -3.33. The fraction of sp³-hybridized carbons (Fsp3) is 0.267. The third-order valence-corrected chi connectivity index (χ3v) is 4.43. The van der Waals surface area contributed by atoms with Crippen molar-refractivity contribution < 1.29 is 8.42 Å². The summed E-state index contributed by atoms with van der Waals surface area (Å²) in [6.07, 6.45) is 3.78. The average molecular weight is 305 g/mol. The van der Waals surface area contributed by atoms with E-state index in [1.165, 1.54) is 6.07 Å². The van der Waals surface area contributed by atoms with Crippen LogP contribution in [0.15, 0.2) is 41.4 Å². The molecule has 0 aliphatic rings. The quantitative estimate of drug-likeness (QED) is 0.828. The van der Waals surface area contributed by atoms with Crippen molar-refractivity contribution in [2.75, 3.05) is 17.3 Å². The van der Waals surface area contributed by atoms with Crippen LogP contribution in [-0.4, -0.2) is 19.7 Å². The first kappa shape index (κ1) is 15.3. The van der Waals surface area contributed by atoms with E-state index in [-0.39, 0.29) is 10.6 Å². The Kier molecular flexibility index (Phi) is 4.47. The van der Waals surface area contributed by atoms with E-state index in [0.717, 1.165) is 23.9 Å². The highest BCUT2D eigenvalue weighted by Gasteiger charge is 2.14. The summed E-state index contributed by atoms with van der Waals surface area (Å²) >= 11 is 0. The Labute approximate surface area is 125 Å². The number of sulfone groups is 1. The zero-order valence-corrected chi connectivity index (χ0v) is 12.9. The van der Waals surface area contributed by atoms with Crippen LogP contribution in [0, 0.1) is 0 Å². The second kappa shape index (κ2) is 6.13. The molecular weight excluding hydrogens is 286 g/mol. The summed E-state index contributed by atoms with van der Waals surface area (Å²) in [5.74, 6) is 0. The van der Waals surface area contributed by atoms with Gasteiger partial charge in [0.25, 0.3) is 0 Å². The van der Waals surface area contributed by atoms with Crippen LogP contribution in [0.1, 0.15) is 18.2 Å². The standard InChI is InChI=1S/C15H19N3O2S/c1-3-11-6-5-9-17-13(11)10-18-12-7-4-8-14(15(12)16)21(2,19)20/h4-9,18H,3,10,16H2,1-2H3. The summed E-state index contributed by atoms with van der Waals surface area (Å²) < 4.78 is 23.3. The van der Waals surface area contributed by atoms with Crippen LogP contribution in [0.4, 0.5) is 11.4 Å². The lowest BCUT2D eigenvalue weighted by atomic mass is 10.1. The lowest BCUT2D eigenvalue weighted by molar-refractivity contribution is 0.602. The van der Waals surface area contributed by atoms with Gasteiger partial charge in [-0.25, -0.2) is 8.42 Å². The Balaban J connectivity index is 2.25. The summed E-state index contributed by atoms with van der Waals surface area (Å²) in [6, 6.07) is 8.88. The Morgan fingerprint density at radius 1 is 1.24 bits per heavy atom. The first-order chi connectivity index (χ1) is 9.93. The van der Waals surface area contributed by atoms with Gasteiger partial charge in [0.1, 0.15) is 0 Å². The van der Waals surface area contributed by atoms with Crippen LogP contribution in [0.25, 0.3) is 0 Å². The number of nitrogen functional groups attached to an aromatic ring is 1. The number of anilines is 2. The number of hydrogen-bond acceptors (Lipinski definition) is 5. The van der Waals surface area contributed by atoms with E-state index in [0.29, 0.717) is 12.2 Å². The monoisotopic (exact) mass is 305 g/mol. The maximum atomic E-state index is 11.7. The van der Waals surface area contributed by atoms with E-state index in [4.69, 9.17) is 5.73 Å². The molecule has 21 heavy (non-hydrogen) atoms. The molecule has 0 saturated heterocycles. The lowest BCUT2D eigenvalue weighted by Gasteiger charge is -2.13. The molecule has 2 aromatic rings. The molecule has 1 aromatic carbocycles. The molecule has 0 spiro atoms. The molecule has 1 aromatic heterocycles. The molecule has 0 bridgehead atoms. The van der Waals surface area contributed by atoms with E-state index in [1.54, 1.807) is 18.3 Å². The van der Waals surface area contributed by atoms with Crippen LogP contribution in [-0.2, 0) is 22.8 Å². The summed E-state index contributed by atoms with van der Waals surface area (Å²) in [7, 11) is -3.33. The highest BCUT2D eigenvalue weighted by molar-refractivity contribution is 7.90. The average Bonchev–Trinajstić information content (AvgIpc) is 2.45. The van der Waals surface area contributed by atoms with Gasteiger partial charge in [0.05, 0.1) is 28.5 Å². The van der Waals surface area contributed by atoms with E-state index in [1.807, 2.05) is 12.1 Å². The van der Waals surface area contributed by atoms with Gasteiger partial charge in [0.2, 0.25) is 0 Å². The predicted octanol–water partition coefficient (Wildman–Crippen LogP) is 2.24. The Bertz CT molecular complexity index is 742. The molecule has 3 N–H and O–H groups in total. The van der Waals surface area contributed by atoms with Crippen LogP contribution in [0.2, 0.25) is 0 Å². The number of rotatable bonds is 5. The van der Waals surface area contributed by atoms with Crippen molar-refractivity contribution in [2.24, 2.45) is 0 Å². The fourth-order valence-corrected chi connectivity index (χ4v) is 2.99. The zero-order valence-electron chi connectivity index (χ0n) is 12.1. The number of nitrogens with zero attached hydrogens (tertiary/aromatic N) is 1. The number of pyridine rings is 1. The van der Waals surface area contributed by atoms with Crippen LogP contribution < -0.4 is 11.1 Å². The molecule has 1 heterocycles. The topological polar surface area (TPSA) is 85.1 Å². The van der Waals surface area contributed by atoms with Gasteiger partial charge in [0, 0.05) is 12.5 Å². The van der Waals surface area contributed by atoms with Crippen molar-refractivity contribution in [3.63, 3.8) is 0 Å². The van der Waals surface area contributed by atoms with Gasteiger partial charge in [-0.15, -0.1) is 0 Å². The third kappa shape index (κ3) is 3.52. The van der Waals surface area contributed by atoms with Gasteiger partial charge in [-0.3, -0.25) is 4.98 Å². The molecule has 0 aliphatic heterocycles. The fourth-order valence-electron chi connectivity index (χ4n) is 2.15. The third-order valence-electron chi connectivity index (χ3n) is 3.28. The number of para-hydroxylation sites is 1. The second-order valence-electron chi connectivity index (χ2n) is 4.81. The summed E-state index contributed by atoms with van der Waals surface area (Å²) in [6.45, 7) is 2.57. The van der Waals surface area contributed by atoms with Crippen molar-refractivity contribution in [3.05, 3.63) is 47.8 Å². The van der Waals surface area contributed by atoms with E-state index in [2.05, 4.69) is 17.2 Å². The molecule has 0 fully saturated rings. The second-order valence-corrected chi connectivity index (χ2v) is 6.79. The summed E-state index contributed by atoms with van der Waals surface area (Å²) in [5.41, 5.74) is 8.88. The van der Waals surface area contributed by atoms with E-state index >= 15 is 0 Å². The number of nitrogens with one attached hydrogen (secondary N) is 1. The molecule has 2 rings (SSSR count).